The van der Waals surface area contributed by atoms with Gasteiger partial charge in [-0.1, -0.05) is 12.2 Å². The number of hydrazine groups is 1. The Morgan fingerprint density at radius 1 is 1.62 bits per heavy atom. The Bertz CT molecular complexity index is 295. The summed E-state index contributed by atoms with van der Waals surface area (Å²) >= 11 is 1.77. The molecule has 0 aliphatic rings. The predicted molar refractivity (Wildman–Crippen MR) is 58.7 cm³/mol. The highest BCUT2D eigenvalue weighted by molar-refractivity contribution is 7.12. The third-order valence-electron chi connectivity index (χ3n) is 2.13. The zero-order valence-electron chi connectivity index (χ0n) is 8.35. The highest BCUT2D eigenvalue weighted by Crippen LogP contribution is 2.29. The number of aryl methyl sites for hydroxylation is 2. The van der Waals surface area contributed by atoms with Gasteiger partial charge >= 0.3 is 0 Å². The van der Waals surface area contributed by atoms with E-state index in [4.69, 9.17) is 5.84 Å². The van der Waals surface area contributed by atoms with Crippen LogP contribution in [0, 0.1) is 13.8 Å². The molecule has 1 unspecified atom stereocenters. The van der Waals surface area contributed by atoms with Gasteiger partial charge in [0.05, 0.1) is 6.04 Å². The Morgan fingerprint density at radius 3 is 2.54 bits per heavy atom. The van der Waals surface area contributed by atoms with Crippen molar-refractivity contribution in [2.75, 3.05) is 0 Å². The molecule has 3 heteroatoms. The van der Waals surface area contributed by atoms with Gasteiger partial charge < -0.3 is 0 Å². The van der Waals surface area contributed by atoms with Crippen molar-refractivity contribution in [1.29, 1.82) is 0 Å². The Balaban J connectivity index is 2.98. The first-order chi connectivity index (χ1) is 6.06. The topological polar surface area (TPSA) is 38.0 Å². The average Bonchev–Trinajstić information content (AvgIpc) is 2.32. The largest absolute Gasteiger partial charge is 0.271 e. The molecule has 1 atom stereocenters. The van der Waals surface area contributed by atoms with E-state index in [1.165, 1.54) is 15.3 Å². The molecule has 13 heavy (non-hydrogen) atoms. The normalized spacial score (nSPS) is 12.9. The van der Waals surface area contributed by atoms with Crippen LogP contribution < -0.4 is 11.3 Å². The van der Waals surface area contributed by atoms with Crippen LogP contribution in [-0.2, 0) is 0 Å². The fraction of sp³-hybridized carbons (Fsp3) is 0.400. The second-order valence-electron chi connectivity index (χ2n) is 3.33. The fourth-order valence-electron chi connectivity index (χ4n) is 1.21. The zero-order chi connectivity index (χ0) is 10.0. The van der Waals surface area contributed by atoms with E-state index >= 15 is 0 Å². The molecule has 0 fully saturated rings. The fourth-order valence-corrected chi connectivity index (χ4v) is 2.41. The minimum atomic E-state index is 0.0948. The molecule has 0 aliphatic heterocycles. The lowest BCUT2D eigenvalue weighted by atomic mass is 10.1. The van der Waals surface area contributed by atoms with Crippen LogP contribution in [-0.4, -0.2) is 0 Å². The maximum Gasteiger partial charge on any atom is 0.0757 e. The quantitative estimate of drug-likeness (QED) is 0.443. The number of rotatable bonds is 3. The maximum atomic E-state index is 5.46. The van der Waals surface area contributed by atoms with Gasteiger partial charge in [0.25, 0.3) is 0 Å². The van der Waals surface area contributed by atoms with Crippen LogP contribution in [0.3, 0.4) is 0 Å². The van der Waals surface area contributed by atoms with E-state index in [1.807, 2.05) is 6.92 Å². The number of nitrogens with two attached hydrogens (primary N) is 1. The SMILES string of the molecule is C=C(C)C(NN)c1cc(C)c(C)s1. The Kier molecular flexibility index (Phi) is 3.25. The summed E-state index contributed by atoms with van der Waals surface area (Å²) in [6.07, 6.45) is 0. The zero-order valence-corrected chi connectivity index (χ0v) is 9.16. The van der Waals surface area contributed by atoms with Gasteiger partial charge in [-0.15, -0.1) is 11.3 Å². The van der Waals surface area contributed by atoms with Gasteiger partial charge in [0.2, 0.25) is 0 Å². The number of thiophene rings is 1. The van der Waals surface area contributed by atoms with Crippen LogP contribution in [0.2, 0.25) is 0 Å². The molecule has 0 saturated carbocycles. The monoisotopic (exact) mass is 196 g/mol. The summed E-state index contributed by atoms with van der Waals surface area (Å²) < 4.78 is 0. The summed E-state index contributed by atoms with van der Waals surface area (Å²) in [5.41, 5.74) is 5.14. The van der Waals surface area contributed by atoms with Crippen LogP contribution in [0.5, 0.6) is 0 Å². The molecular formula is C10H16N2S. The highest BCUT2D eigenvalue weighted by Gasteiger charge is 2.13. The Labute approximate surface area is 83.4 Å². The van der Waals surface area contributed by atoms with E-state index in [0.717, 1.165) is 5.57 Å². The summed E-state index contributed by atoms with van der Waals surface area (Å²) in [4.78, 5) is 2.58. The van der Waals surface area contributed by atoms with Crippen LogP contribution >= 0.6 is 11.3 Å². The summed E-state index contributed by atoms with van der Waals surface area (Å²) in [5.74, 6) is 5.46. The molecule has 0 aliphatic carbocycles. The van der Waals surface area contributed by atoms with E-state index in [9.17, 15) is 0 Å². The molecule has 1 heterocycles. The van der Waals surface area contributed by atoms with Gasteiger partial charge in [-0.05, 0) is 32.4 Å². The first-order valence-corrected chi connectivity index (χ1v) is 5.06. The summed E-state index contributed by atoms with van der Waals surface area (Å²) in [6.45, 7) is 10.1. The highest BCUT2D eigenvalue weighted by atomic mass is 32.1. The number of hydrogen-bond donors (Lipinski definition) is 2. The van der Waals surface area contributed by atoms with Crippen molar-refractivity contribution in [2.45, 2.75) is 26.8 Å². The number of hydrogen-bond acceptors (Lipinski definition) is 3. The molecular weight excluding hydrogens is 180 g/mol. The van der Waals surface area contributed by atoms with Crippen LogP contribution in [0.4, 0.5) is 0 Å². The molecule has 3 N–H and O–H groups in total. The molecule has 0 spiro atoms. The standard InChI is InChI=1S/C10H16N2S/c1-6(2)10(12-11)9-5-7(3)8(4)13-9/h5,10,12H,1,11H2,2-4H3. The van der Waals surface area contributed by atoms with Gasteiger partial charge in [0.15, 0.2) is 0 Å². The van der Waals surface area contributed by atoms with Gasteiger partial charge in [0, 0.05) is 9.75 Å². The van der Waals surface area contributed by atoms with E-state index in [-0.39, 0.29) is 6.04 Å². The van der Waals surface area contributed by atoms with Gasteiger partial charge in [-0.25, -0.2) is 5.43 Å². The lowest BCUT2D eigenvalue weighted by Gasteiger charge is -2.13. The van der Waals surface area contributed by atoms with E-state index in [0.29, 0.717) is 0 Å². The van der Waals surface area contributed by atoms with Crippen molar-refractivity contribution in [2.24, 2.45) is 5.84 Å². The molecule has 0 amide bonds. The van der Waals surface area contributed by atoms with Crippen molar-refractivity contribution >= 4 is 11.3 Å². The second-order valence-corrected chi connectivity index (χ2v) is 4.62. The van der Waals surface area contributed by atoms with Gasteiger partial charge in [0.1, 0.15) is 0 Å². The smallest absolute Gasteiger partial charge is 0.0757 e. The number of nitrogens with one attached hydrogen (secondary N) is 1. The van der Waals surface area contributed by atoms with E-state index in [1.54, 1.807) is 11.3 Å². The molecule has 0 bridgehead atoms. The first-order valence-electron chi connectivity index (χ1n) is 4.24. The lowest BCUT2D eigenvalue weighted by molar-refractivity contribution is 0.636. The molecule has 1 rings (SSSR count). The van der Waals surface area contributed by atoms with Crippen LogP contribution in [0.25, 0.3) is 0 Å². The van der Waals surface area contributed by atoms with E-state index < -0.39 is 0 Å². The van der Waals surface area contributed by atoms with Crippen LogP contribution in [0.1, 0.15) is 28.3 Å². The third-order valence-corrected chi connectivity index (χ3v) is 3.35. The predicted octanol–water partition coefficient (Wildman–Crippen LogP) is 2.45. The Hall–Kier alpha value is -0.640. The molecule has 1 aromatic heterocycles. The van der Waals surface area contributed by atoms with Gasteiger partial charge in [-0.3, -0.25) is 5.84 Å². The third kappa shape index (κ3) is 2.18. The van der Waals surface area contributed by atoms with Gasteiger partial charge in [-0.2, -0.15) is 0 Å². The van der Waals surface area contributed by atoms with E-state index in [2.05, 4.69) is 31.9 Å². The van der Waals surface area contributed by atoms with Crippen LogP contribution in [0.15, 0.2) is 18.2 Å². The molecule has 2 nitrogen and oxygen atoms in total. The van der Waals surface area contributed by atoms with Crippen molar-refractivity contribution in [3.8, 4) is 0 Å². The Morgan fingerprint density at radius 2 is 2.23 bits per heavy atom. The molecule has 0 aromatic carbocycles. The summed E-state index contributed by atoms with van der Waals surface area (Å²) in [7, 11) is 0. The second kappa shape index (κ2) is 4.05. The summed E-state index contributed by atoms with van der Waals surface area (Å²) in [5, 5.41) is 0. The lowest BCUT2D eigenvalue weighted by Crippen LogP contribution is -2.27. The molecule has 0 saturated heterocycles. The van der Waals surface area contributed by atoms with Crippen molar-refractivity contribution in [1.82, 2.24) is 5.43 Å². The van der Waals surface area contributed by atoms with Crippen molar-refractivity contribution < 1.29 is 0 Å². The molecule has 0 radical (unpaired) electrons. The molecule has 1 aromatic rings. The van der Waals surface area contributed by atoms with Crippen molar-refractivity contribution in [3.63, 3.8) is 0 Å². The van der Waals surface area contributed by atoms with Crippen molar-refractivity contribution in [3.05, 3.63) is 33.5 Å². The average molecular weight is 196 g/mol. The minimum Gasteiger partial charge on any atom is -0.271 e. The summed E-state index contributed by atoms with van der Waals surface area (Å²) in [6, 6.07) is 2.26. The maximum absolute atomic E-state index is 5.46. The first kappa shape index (κ1) is 10.4. The molecule has 72 valence electrons. The minimum absolute atomic E-state index is 0.0948.